The van der Waals surface area contributed by atoms with Crippen LogP contribution in [0.2, 0.25) is 0 Å². The van der Waals surface area contributed by atoms with Crippen LogP contribution in [0.15, 0.2) is 47.5 Å². The molecular formula is C25H36N4O2. The first kappa shape index (κ1) is 23.1. The van der Waals surface area contributed by atoms with E-state index in [2.05, 4.69) is 84.0 Å². The zero-order valence-corrected chi connectivity index (χ0v) is 19.3. The van der Waals surface area contributed by atoms with Crippen LogP contribution in [0.5, 0.6) is 5.75 Å². The molecule has 1 aliphatic rings. The third-order valence-electron chi connectivity index (χ3n) is 5.32. The van der Waals surface area contributed by atoms with Crippen molar-refractivity contribution in [3.8, 4) is 5.75 Å². The van der Waals surface area contributed by atoms with E-state index in [-0.39, 0.29) is 6.10 Å². The zero-order valence-electron chi connectivity index (χ0n) is 19.3. The Balaban J connectivity index is 1.51. The molecule has 0 aliphatic carbocycles. The van der Waals surface area contributed by atoms with E-state index in [1.807, 2.05) is 0 Å². The van der Waals surface area contributed by atoms with Crippen LogP contribution < -0.4 is 15.4 Å². The number of nitrogens with one attached hydrogen (secondary N) is 2. The summed E-state index contributed by atoms with van der Waals surface area (Å²) in [6, 6.07) is 15.0. The van der Waals surface area contributed by atoms with E-state index in [1.165, 1.54) is 16.7 Å². The van der Waals surface area contributed by atoms with Gasteiger partial charge in [-0.2, -0.15) is 0 Å². The Morgan fingerprint density at radius 2 is 1.84 bits per heavy atom. The van der Waals surface area contributed by atoms with Crippen molar-refractivity contribution in [2.24, 2.45) is 4.99 Å². The number of ether oxygens (including phenoxy) is 2. The van der Waals surface area contributed by atoms with Crippen molar-refractivity contribution >= 4 is 5.96 Å². The van der Waals surface area contributed by atoms with Gasteiger partial charge in [-0.05, 0) is 56.6 Å². The molecule has 1 aliphatic heterocycles. The number of rotatable bonds is 9. The molecule has 0 amide bonds. The molecule has 0 saturated carbocycles. The molecule has 1 fully saturated rings. The van der Waals surface area contributed by atoms with Gasteiger partial charge in [-0.3, -0.25) is 4.99 Å². The molecule has 3 rings (SSSR count). The highest BCUT2D eigenvalue weighted by atomic mass is 16.5. The second-order valence-corrected chi connectivity index (χ2v) is 8.39. The summed E-state index contributed by atoms with van der Waals surface area (Å²) in [5.74, 6) is 1.68. The number of aryl methyl sites for hydroxylation is 1. The lowest BCUT2D eigenvalue weighted by Gasteiger charge is -2.17. The summed E-state index contributed by atoms with van der Waals surface area (Å²) in [6.07, 6.45) is 2.41. The van der Waals surface area contributed by atoms with Crippen molar-refractivity contribution in [2.75, 3.05) is 34.4 Å². The van der Waals surface area contributed by atoms with Crippen LogP contribution in [-0.4, -0.2) is 51.3 Å². The van der Waals surface area contributed by atoms with Gasteiger partial charge in [0.2, 0.25) is 0 Å². The summed E-state index contributed by atoms with van der Waals surface area (Å²) < 4.78 is 11.8. The number of aliphatic imine (C=N–C) groups is 1. The number of hydrogen-bond donors (Lipinski definition) is 2. The smallest absolute Gasteiger partial charge is 0.191 e. The summed E-state index contributed by atoms with van der Waals surface area (Å²) in [7, 11) is 5.95. The molecule has 6 heteroatoms. The summed E-state index contributed by atoms with van der Waals surface area (Å²) >= 11 is 0. The quantitative estimate of drug-likeness (QED) is 0.477. The molecule has 2 aromatic rings. The summed E-state index contributed by atoms with van der Waals surface area (Å²) in [4.78, 5) is 6.53. The molecule has 168 valence electrons. The summed E-state index contributed by atoms with van der Waals surface area (Å²) in [5.41, 5.74) is 4.83. The van der Waals surface area contributed by atoms with Crippen molar-refractivity contribution in [1.29, 1.82) is 0 Å². The third-order valence-corrected chi connectivity index (χ3v) is 5.32. The minimum Gasteiger partial charge on any atom is -0.491 e. The molecule has 0 spiro atoms. The molecule has 1 unspecified atom stereocenters. The molecule has 1 saturated heterocycles. The topological polar surface area (TPSA) is 58.1 Å². The zero-order chi connectivity index (χ0) is 22.1. The number of hydrogen-bond acceptors (Lipinski definition) is 4. The average molecular weight is 425 g/mol. The van der Waals surface area contributed by atoms with Gasteiger partial charge < -0.3 is 25.0 Å². The van der Waals surface area contributed by atoms with Gasteiger partial charge >= 0.3 is 0 Å². The Hall–Kier alpha value is -2.57. The van der Waals surface area contributed by atoms with Gasteiger partial charge in [-0.1, -0.05) is 36.4 Å². The number of nitrogens with zero attached hydrogens (tertiary/aromatic N) is 2. The third kappa shape index (κ3) is 7.56. The lowest BCUT2D eigenvalue weighted by Crippen LogP contribution is -2.36. The van der Waals surface area contributed by atoms with Crippen molar-refractivity contribution in [1.82, 2.24) is 15.5 Å². The Labute approximate surface area is 186 Å². The van der Waals surface area contributed by atoms with Crippen LogP contribution in [0.4, 0.5) is 0 Å². The highest BCUT2D eigenvalue weighted by Gasteiger charge is 2.17. The maximum absolute atomic E-state index is 6.11. The Kier molecular flexibility index (Phi) is 8.74. The molecule has 0 radical (unpaired) electrons. The predicted molar refractivity (Wildman–Crippen MR) is 127 cm³/mol. The fourth-order valence-electron chi connectivity index (χ4n) is 3.61. The van der Waals surface area contributed by atoms with Gasteiger partial charge in [0.15, 0.2) is 5.96 Å². The fourth-order valence-corrected chi connectivity index (χ4v) is 3.61. The first-order valence-electron chi connectivity index (χ1n) is 11.0. The minimum atomic E-state index is 0.208. The lowest BCUT2D eigenvalue weighted by atomic mass is 10.1. The molecule has 6 nitrogen and oxygen atoms in total. The van der Waals surface area contributed by atoms with Crippen LogP contribution in [-0.2, 0) is 24.4 Å². The van der Waals surface area contributed by atoms with Gasteiger partial charge in [0.25, 0.3) is 0 Å². The minimum absolute atomic E-state index is 0.208. The standard InChI is InChI=1S/C25H36N4O2/c1-19-7-12-22(24(14-19)31-18-23-6-5-13-30-23)16-28-25(26-2)27-15-20-8-10-21(11-9-20)17-29(3)4/h7-12,14,23H,5-6,13,15-18H2,1-4H3,(H2,26,27,28). The van der Waals surface area contributed by atoms with Crippen LogP contribution in [0.1, 0.15) is 35.1 Å². The van der Waals surface area contributed by atoms with Gasteiger partial charge in [0, 0.05) is 38.9 Å². The summed E-state index contributed by atoms with van der Waals surface area (Å²) in [5, 5.41) is 6.79. The first-order chi connectivity index (χ1) is 15.0. The van der Waals surface area contributed by atoms with E-state index in [0.29, 0.717) is 13.2 Å². The molecule has 1 heterocycles. The van der Waals surface area contributed by atoms with Crippen molar-refractivity contribution in [3.63, 3.8) is 0 Å². The second-order valence-electron chi connectivity index (χ2n) is 8.39. The highest BCUT2D eigenvalue weighted by molar-refractivity contribution is 5.79. The van der Waals surface area contributed by atoms with Crippen LogP contribution in [0.25, 0.3) is 0 Å². The molecular weight excluding hydrogens is 388 g/mol. The van der Waals surface area contributed by atoms with E-state index >= 15 is 0 Å². The number of guanidine groups is 1. The van der Waals surface area contributed by atoms with Gasteiger partial charge in [0.1, 0.15) is 12.4 Å². The molecule has 2 aromatic carbocycles. The van der Waals surface area contributed by atoms with Crippen molar-refractivity contribution in [3.05, 3.63) is 64.7 Å². The van der Waals surface area contributed by atoms with Gasteiger partial charge in [-0.25, -0.2) is 0 Å². The largest absolute Gasteiger partial charge is 0.491 e. The second kappa shape index (κ2) is 11.7. The maximum atomic E-state index is 6.11. The van der Waals surface area contributed by atoms with Crippen LogP contribution in [0.3, 0.4) is 0 Å². The molecule has 2 N–H and O–H groups in total. The molecule has 1 atom stereocenters. The lowest BCUT2D eigenvalue weighted by molar-refractivity contribution is 0.0676. The molecule has 0 bridgehead atoms. The Bertz CT molecular complexity index is 843. The van der Waals surface area contributed by atoms with E-state index in [9.17, 15) is 0 Å². The maximum Gasteiger partial charge on any atom is 0.191 e. The van der Waals surface area contributed by atoms with Crippen molar-refractivity contribution in [2.45, 2.75) is 45.5 Å². The number of benzene rings is 2. The van der Waals surface area contributed by atoms with Gasteiger partial charge in [0.05, 0.1) is 6.10 Å². The van der Waals surface area contributed by atoms with Crippen molar-refractivity contribution < 1.29 is 9.47 Å². The van der Waals surface area contributed by atoms with Gasteiger partial charge in [-0.15, -0.1) is 0 Å². The van der Waals surface area contributed by atoms with E-state index in [1.54, 1.807) is 7.05 Å². The summed E-state index contributed by atoms with van der Waals surface area (Å²) in [6.45, 7) is 5.84. The average Bonchev–Trinajstić information content (AvgIpc) is 3.28. The molecule has 31 heavy (non-hydrogen) atoms. The molecule has 0 aromatic heterocycles. The monoisotopic (exact) mass is 424 g/mol. The van der Waals surface area contributed by atoms with E-state index < -0.39 is 0 Å². The fraction of sp³-hybridized carbons (Fsp3) is 0.480. The van der Waals surface area contributed by atoms with E-state index in [0.717, 1.165) is 49.8 Å². The van der Waals surface area contributed by atoms with Crippen LogP contribution in [0, 0.1) is 6.92 Å². The normalized spacial score (nSPS) is 16.5. The predicted octanol–water partition coefficient (Wildman–Crippen LogP) is 3.48. The van der Waals surface area contributed by atoms with Crippen LogP contribution >= 0.6 is 0 Å². The van der Waals surface area contributed by atoms with E-state index in [4.69, 9.17) is 9.47 Å². The SMILES string of the molecule is CN=C(NCc1ccc(CN(C)C)cc1)NCc1ccc(C)cc1OCC1CCCO1. The Morgan fingerprint density at radius 1 is 1.10 bits per heavy atom. The first-order valence-corrected chi connectivity index (χ1v) is 11.0. The highest BCUT2D eigenvalue weighted by Crippen LogP contribution is 2.22. The Morgan fingerprint density at radius 3 is 2.52 bits per heavy atom.